The van der Waals surface area contributed by atoms with E-state index in [1.54, 1.807) is 0 Å². The van der Waals surface area contributed by atoms with Gasteiger partial charge in [-0.3, -0.25) is 37.3 Å². The molecule has 0 fully saturated rings. The molecule has 0 aliphatic heterocycles. The molecule has 0 saturated carbocycles. The lowest BCUT2D eigenvalue weighted by molar-refractivity contribution is -0.161. The molecule has 0 spiro atoms. The highest BCUT2D eigenvalue weighted by Crippen LogP contribution is 2.45. The van der Waals surface area contributed by atoms with Gasteiger partial charge in [0, 0.05) is 25.7 Å². The number of rotatable bonds is 80. The van der Waals surface area contributed by atoms with Gasteiger partial charge in [0.1, 0.15) is 19.3 Å². The second-order valence-electron chi connectivity index (χ2n) is 28.5. The van der Waals surface area contributed by atoms with Crippen LogP contribution in [0.15, 0.2) is 24.3 Å². The van der Waals surface area contributed by atoms with E-state index >= 15 is 0 Å². The highest BCUT2D eigenvalue weighted by Gasteiger charge is 2.30. The maximum Gasteiger partial charge on any atom is 0.472 e. The molecular formula is C81H154O17P2. The van der Waals surface area contributed by atoms with Crippen LogP contribution >= 0.6 is 15.6 Å². The summed E-state index contributed by atoms with van der Waals surface area (Å²) in [7, 11) is -9.92. The predicted octanol–water partition coefficient (Wildman–Crippen LogP) is 24.1. The summed E-state index contributed by atoms with van der Waals surface area (Å²) in [5, 5.41) is 10.6. The van der Waals surface area contributed by atoms with Gasteiger partial charge < -0.3 is 33.8 Å². The molecule has 0 bridgehead atoms. The fourth-order valence-corrected chi connectivity index (χ4v) is 13.7. The average molecular weight is 1460 g/mol. The van der Waals surface area contributed by atoms with Gasteiger partial charge in [-0.05, 0) is 51.4 Å². The Bertz CT molecular complexity index is 1990. The third kappa shape index (κ3) is 73.8. The van der Waals surface area contributed by atoms with Crippen LogP contribution in [0.4, 0.5) is 0 Å². The highest BCUT2D eigenvalue weighted by atomic mass is 31.2. The van der Waals surface area contributed by atoms with Crippen LogP contribution in [0.2, 0.25) is 0 Å². The number of carbonyl (C=O) groups is 4. The number of hydrogen-bond acceptors (Lipinski definition) is 15. The second-order valence-corrected chi connectivity index (χ2v) is 31.4. The fourth-order valence-electron chi connectivity index (χ4n) is 12.1. The van der Waals surface area contributed by atoms with Crippen LogP contribution in [0.3, 0.4) is 0 Å². The predicted molar refractivity (Wildman–Crippen MR) is 409 cm³/mol. The number of phosphoric acid groups is 2. The minimum Gasteiger partial charge on any atom is -0.462 e. The van der Waals surface area contributed by atoms with Gasteiger partial charge >= 0.3 is 39.5 Å². The number of hydrogen-bond donors (Lipinski definition) is 3. The highest BCUT2D eigenvalue weighted by molar-refractivity contribution is 7.47. The Balaban J connectivity index is 5.20. The monoisotopic (exact) mass is 1460 g/mol. The molecule has 0 saturated heterocycles. The zero-order valence-electron chi connectivity index (χ0n) is 64.7. The van der Waals surface area contributed by atoms with Crippen molar-refractivity contribution in [2.24, 2.45) is 0 Å². The topological polar surface area (TPSA) is 237 Å². The maximum atomic E-state index is 13.1. The summed E-state index contributed by atoms with van der Waals surface area (Å²) in [5.74, 6) is -2.14. The van der Waals surface area contributed by atoms with Crippen molar-refractivity contribution in [3.05, 3.63) is 24.3 Å². The number of carbonyl (C=O) groups excluding carboxylic acids is 4. The van der Waals surface area contributed by atoms with E-state index in [0.29, 0.717) is 25.7 Å². The lowest BCUT2D eigenvalue weighted by Gasteiger charge is -2.21. The number of allylic oxidation sites excluding steroid dienone is 4. The fraction of sp³-hybridized carbons (Fsp3) is 0.901. The first kappa shape index (κ1) is 97.5. The maximum absolute atomic E-state index is 13.1. The summed E-state index contributed by atoms with van der Waals surface area (Å²) in [5.41, 5.74) is 0. The molecule has 0 aromatic rings. The first-order valence-electron chi connectivity index (χ1n) is 41.6. The van der Waals surface area contributed by atoms with Gasteiger partial charge in [0.25, 0.3) is 0 Å². The number of unbranched alkanes of at least 4 members (excludes halogenated alkanes) is 51. The molecule has 2 unspecified atom stereocenters. The van der Waals surface area contributed by atoms with E-state index in [-0.39, 0.29) is 25.7 Å². The van der Waals surface area contributed by atoms with Crippen LogP contribution < -0.4 is 0 Å². The molecule has 0 aliphatic rings. The minimum absolute atomic E-state index is 0.0853. The molecule has 590 valence electrons. The number of esters is 4. The van der Waals surface area contributed by atoms with E-state index in [4.69, 9.17) is 37.0 Å². The summed E-state index contributed by atoms with van der Waals surface area (Å²) in [6.07, 6.45) is 70.4. The number of phosphoric ester groups is 2. The Morgan fingerprint density at radius 1 is 0.280 bits per heavy atom. The van der Waals surface area contributed by atoms with Crippen molar-refractivity contribution >= 4 is 39.5 Å². The van der Waals surface area contributed by atoms with E-state index in [1.807, 2.05) is 0 Å². The van der Waals surface area contributed by atoms with Crippen LogP contribution in [0.5, 0.6) is 0 Å². The number of aliphatic hydroxyl groups is 1. The number of ether oxygens (including phenoxy) is 4. The van der Waals surface area contributed by atoms with Crippen molar-refractivity contribution < 1.29 is 80.2 Å². The van der Waals surface area contributed by atoms with E-state index in [9.17, 15) is 43.2 Å². The van der Waals surface area contributed by atoms with Gasteiger partial charge in [-0.1, -0.05) is 360 Å². The lowest BCUT2D eigenvalue weighted by Crippen LogP contribution is -2.30. The largest absolute Gasteiger partial charge is 0.472 e. The Labute approximate surface area is 612 Å². The average Bonchev–Trinajstić information content (AvgIpc) is 1.02. The molecule has 19 heteroatoms. The third-order valence-electron chi connectivity index (χ3n) is 18.5. The van der Waals surface area contributed by atoms with Gasteiger partial charge in [-0.2, -0.15) is 0 Å². The van der Waals surface area contributed by atoms with Crippen LogP contribution in [-0.2, 0) is 65.4 Å². The van der Waals surface area contributed by atoms with Gasteiger partial charge in [-0.25, -0.2) is 9.13 Å². The molecule has 0 rings (SSSR count). The van der Waals surface area contributed by atoms with Gasteiger partial charge in [0.2, 0.25) is 0 Å². The van der Waals surface area contributed by atoms with Crippen LogP contribution in [-0.4, -0.2) is 96.7 Å². The molecule has 17 nitrogen and oxygen atoms in total. The summed E-state index contributed by atoms with van der Waals surface area (Å²) in [6.45, 7) is 4.91. The van der Waals surface area contributed by atoms with E-state index in [2.05, 4.69) is 52.0 Å². The SMILES string of the molecule is CCCCCC/C=C\C=C/CCCCCCCC(=O)O[C@H](COC(=O)CCCCCCCCC)COP(=O)(O)OC[C@H](O)COP(=O)(O)OC[C@@H](COC(=O)CCCCCCCCCCCCCCCCCCC)OC(=O)CCCCCCCCCCCCCCCCCCCCCCC. The Morgan fingerprint density at radius 2 is 0.480 bits per heavy atom. The quantitative estimate of drug-likeness (QED) is 0.0169. The van der Waals surface area contributed by atoms with Crippen molar-refractivity contribution in [3.8, 4) is 0 Å². The van der Waals surface area contributed by atoms with Gasteiger partial charge in [0.05, 0.1) is 26.4 Å². The van der Waals surface area contributed by atoms with Crippen molar-refractivity contribution in [1.82, 2.24) is 0 Å². The zero-order valence-corrected chi connectivity index (χ0v) is 66.5. The molecule has 100 heavy (non-hydrogen) atoms. The number of aliphatic hydroxyl groups excluding tert-OH is 1. The standard InChI is InChI=1S/C81H154O17P2/c1-5-9-13-17-21-24-27-30-33-35-36-37-38-40-43-46-49-52-56-60-64-68-81(86)98-77(72-92-79(84)66-62-58-54-50-47-44-42-39-34-31-28-25-22-18-14-10-6-2)74-96-100(89,90)94-70-75(82)69-93-99(87,88)95-73-76(71-91-78(83)65-61-57-53-20-16-12-8-4)97-80(85)67-63-59-55-51-48-45-41-32-29-26-23-19-15-11-7-3/h26,29,32,41,75-77,82H,5-25,27-28,30-31,33-40,42-74H2,1-4H3,(H,87,88)(H,89,90)/b29-26-,41-32-/t75-,76+,77+/m0/s1. The molecule has 5 atom stereocenters. The molecule has 0 heterocycles. The Morgan fingerprint density at radius 3 is 0.730 bits per heavy atom. The first-order chi connectivity index (χ1) is 48.7. The summed E-state index contributed by atoms with van der Waals surface area (Å²) < 4.78 is 68.5. The smallest absolute Gasteiger partial charge is 0.462 e. The van der Waals surface area contributed by atoms with Crippen molar-refractivity contribution in [2.45, 2.75) is 431 Å². The zero-order chi connectivity index (χ0) is 73.2. The summed E-state index contributed by atoms with van der Waals surface area (Å²) in [6, 6.07) is 0. The normalized spacial score (nSPS) is 13.9. The lowest BCUT2D eigenvalue weighted by atomic mass is 10.0. The molecular weight excluding hydrogens is 1310 g/mol. The Kier molecular flexibility index (Phi) is 73.0. The summed E-state index contributed by atoms with van der Waals surface area (Å²) in [4.78, 5) is 72.8. The summed E-state index contributed by atoms with van der Waals surface area (Å²) >= 11 is 0. The van der Waals surface area contributed by atoms with Gasteiger partial charge in [0.15, 0.2) is 12.2 Å². The Hall–Kier alpha value is -2.46. The molecule has 0 aromatic heterocycles. The molecule has 0 radical (unpaired) electrons. The third-order valence-corrected chi connectivity index (χ3v) is 20.4. The minimum atomic E-state index is -4.96. The van der Waals surface area contributed by atoms with E-state index < -0.39 is 97.5 Å². The van der Waals surface area contributed by atoms with E-state index in [0.717, 1.165) is 116 Å². The van der Waals surface area contributed by atoms with Crippen LogP contribution in [0.1, 0.15) is 413 Å². The molecule has 0 amide bonds. The second kappa shape index (κ2) is 74.8. The van der Waals surface area contributed by atoms with Crippen molar-refractivity contribution in [3.63, 3.8) is 0 Å². The molecule has 3 N–H and O–H groups in total. The van der Waals surface area contributed by atoms with Gasteiger partial charge in [-0.15, -0.1) is 0 Å². The van der Waals surface area contributed by atoms with Crippen molar-refractivity contribution in [1.29, 1.82) is 0 Å². The first-order valence-corrected chi connectivity index (χ1v) is 44.6. The molecule has 0 aromatic carbocycles. The molecule has 0 aliphatic carbocycles. The van der Waals surface area contributed by atoms with Crippen LogP contribution in [0.25, 0.3) is 0 Å². The van der Waals surface area contributed by atoms with E-state index in [1.165, 1.54) is 218 Å². The van der Waals surface area contributed by atoms with Crippen molar-refractivity contribution in [2.75, 3.05) is 39.6 Å². The van der Waals surface area contributed by atoms with Crippen LogP contribution in [0, 0.1) is 0 Å².